The molecule has 0 atom stereocenters. The van der Waals surface area contributed by atoms with Crippen LogP contribution in [-0.4, -0.2) is 0 Å². The van der Waals surface area contributed by atoms with Gasteiger partial charge in [-0.05, 0) is 90.0 Å². The smallest absolute Gasteiger partial charge is 0.136 e. The molecule has 2 heteroatoms. The lowest BCUT2D eigenvalue weighted by molar-refractivity contribution is 0.669. The van der Waals surface area contributed by atoms with Gasteiger partial charge in [0.1, 0.15) is 11.2 Å². The highest BCUT2D eigenvalue weighted by Crippen LogP contribution is 2.47. The van der Waals surface area contributed by atoms with E-state index in [0.717, 1.165) is 26.4 Å². The van der Waals surface area contributed by atoms with E-state index in [1.807, 2.05) is 12.1 Å². The molecule has 8 aromatic carbocycles. The zero-order valence-corrected chi connectivity index (χ0v) is 25.3. The molecule has 0 bridgehead atoms. The molecule has 206 valence electrons. The molecule has 0 amide bonds. The van der Waals surface area contributed by atoms with Crippen LogP contribution >= 0.6 is 15.9 Å². The van der Waals surface area contributed by atoms with E-state index in [1.54, 1.807) is 0 Å². The Kier molecular flexibility index (Phi) is 5.72. The molecule has 1 nitrogen and oxygen atoms in total. The topological polar surface area (TPSA) is 13.1 Å². The van der Waals surface area contributed by atoms with Crippen LogP contribution in [0, 0.1) is 0 Å². The first-order valence-corrected chi connectivity index (χ1v) is 15.7. The molecule has 0 N–H and O–H groups in total. The van der Waals surface area contributed by atoms with Crippen molar-refractivity contribution in [3.63, 3.8) is 0 Å². The molecule has 0 fully saturated rings. The Morgan fingerprint density at radius 3 is 1.68 bits per heavy atom. The molecule has 9 aromatic rings. The van der Waals surface area contributed by atoms with E-state index in [-0.39, 0.29) is 0 Å². The average molecular weight is 626 g/mol. The van der Waals surface area contributed by atoms with Crippen molar-refractivity contribution >= 4 is 70.2 Å². The van der Waals surface area contributed by atoms with Crippen LogP contribution in [0.15, 0.2) is 161 Å². The van der Waals surface area contributed by atoms with Crippen molar-refractivity contribution in [1.82, 2.24) is 0 Å². The standard InChI is InChI=1S/C42H25BrO/c43-29-23-24-38-37(25-29)42-36(17-8-18-39(42)44-38)41-34-14-5-3-12-32(34)40(33-13-4-6-15-35(33)41)28-21-19-27(20-22-28)31-16-7-10-26-9-1-2-11-30(26)31/h1-25H. The molecule has 1 heterocycles. The van der Waals surface area contributed by atoms with Crippen molar-refractivity contribution in [1.29, 1.82) is 0 Å². The fourth-order valence-corrected chi connectivity index (χ4v) is 7.39. The van der Waals surface area contributed by atoms with Crippen molar-refractivity contribution in [2.75, 3.05) is 0 Å². The Hall–Kier alpha value is -5.18. The predicted octanol–water partition coefficient (Wildman–Crippen LogP) is 12.8. The number of benzene rings is 8. The maximum Gasteiger partial charge on any atom is 0.136 e. The maximum absolute atomic E-state index is 6.34. The molecule has 1 aromatic heterocycles. The van der Waals surface area contributed by atoms with E-state index >= 15 is 0 Å². The van der Waals surface area contributed by atoms with Crippen LogP contribution in [0.4, 0.5) is 0 Å². The number of halogens is 1. The zero-order chi connectivity index (χ0) is 29.2. The second-order valence-electron chi connectivity index (χ2n) is 11.4. The summed E-state index contributed by atoms with van der Waals surface area (Å²) in [6.45, 7) is 0. The summed E-state index contributed by atoms with van der Waals surface area (Å²) < 4.78 is 7.38. The van der Waals surface area contributed by atoms with Gasteiger partial charge in [-0.25, -0.2) is 0 Å². The minimum atomic E-state index is 0.896. The Morgan fingerprint density at radius 1 is 0.386 bits per heavy atom. The van der Waals surface area contributed by atoms with Gasteiger partial charge < -0.3 is 4.42 Å². The predicted molar refractivity (Wildman–Crippen MR) is 190 cm³/mol. The zero-order valence-electron chi connectivity index (χ0n) is 23.7. The van der Waals surface area contributed by atoms with Crippen LogP contribution < -0.4 is 0 Å². The number of hydrogen-bond donors (Lipinski definition) is 0. The highest BCUT2D eigenvalue weighted by atomic mass is 79.9. The quantitative estimate of drug-likeness (QED) is 0.178. The summed E-state index contributed by atoms with van der Waals surface area (Å²) >= 11 is 3.69. The summed E-state index contributed by atoms with van der Waals surface area (Å²) in [4.78, 5) is 0. The highest BCUT2D eigenvalue weighted by molar-refractivity contribution is 9.10. The first-order valence-electron chi connectivity index (χ1n) is 14.9. The van der Waals surface area contributed by atoms with Gasteiger partial charge >= 0.3 is 0 Å². The molecule has 44 heavy (non-hydrogen) atoms. The Morgan fingerprint density at radius 2 is 0.955 bits per heavy atom. The number of rotatable bonds is 3. The molecule has 0 saturated heterocycles. The summed E-state index contributed by atoms with van der Waals surface area (Å²) in [5.41, 5.74) is 9.17. The molecule has 0 aliphatic heterocycles. The normalized spacial score (nSPS) is 11.8. The summed E-state index contributed by atoms with van der Waals surface area (Å²) in [5, 5.41) is 9.74. The summed E-state index contributed by atoms with van der Waals surface area (Å²) in [7, 11) is 0. The van der Waals surface area contributed by atoms with E-state index in [0.29, 0.717) is 0 Å². The first kappa shape index (κ1) is 25.3. The van der Waals surface area contributed by atoms with Crippen molar-refractivity contribution in [3.05, 3.63) is 156 Å². The second kappa shape index (κ2) is 9.94. The lowest BCUT2D eigenvalue weighted by atomic mass is 9.84. The Labute approximate surface area is 263 Å². The number of fused-ring (bicyclic) bond motifs is 6. The fourth-order valence-electron chi connectivity index (χ4n) is 7.03. The van der Waals surface area contributed by atoms with Gasteiger partial charge in [0.25, 0.3) is 0 Å². The minimum Gasteiger partial charge on any atom is -0.456 e. The average Bonchev–Trinajstić information content (AvgIpc) is 3.45. The van der Waals surface area contributed by atoms with Crippen molar-refractivity contribution < 1.29 is 4.42 Å². The monoisotopic (exact) mass is 624 g/mol. The van der Waals surface area contributed by atoms with Crippen LogP contribution in [0.5, 0.6) is 0 Å². The minimum absolute atomic E-state index is 0.896. The van der Waals surface area contributed by atoms with E-state index < -0.39 is 0 Å². The lowest BCUT2D eigenvalue weighted by Gasteiger charge is -2.18. The third-order valence-electron chi connectivity index (χ3n) is 8.93. The van der Waals surface area contributed by atoms with Crippen LogP contribution in [0.25, 0.3) is 87.6 Å². The first-order chi connectivity index (χ1) is 21.7. The molecule has 9 rings (SSSR count). The number of hydrogen-bond acceptors (Lipinski definition) is 1. The summed E-state index contributed by atoms with van der Waals surface area (Å²) in [5.74, 6) is 0. The molecule has 0 aliphatic rings. The van der Waals surface area contributed by atoms with Crippen LogP contribution in [0.3, 0.4) is 0 Å². The van der Waals surface area contributed by atoms with Gasteiger partial charge in [0.2, 0.25) is 0 Å². The van der Waals surface area contributed by atoms with Gasteiger partial charge in [0, 0.05) is 15.2 Å². The lowest BCUT2D eigenvalue weighted by Crippen LogP contribution is -1.91. The molecule has 0 spiro atoms. The SMILES string of the molecule is Brc1ccc2oc3cccc(-c4c5ccccc5c(-c5ccc(-c6cccc7ccccc67)cc5)c5ccccc45)c3c2c1. The second-order valence-corrected chi connectivity index (χ2v) is 12.3. The molecule has 0 radical (unpaired) electrons. The van der Waals surface area contributed by atoms with Gasteiger partial charge in [-0.15, -0.1) is 0 Å². The molecule has 0 unspecified atom stereocenters. The van der Waals surface area contributed by atoms with E-state index in [9.17, 15) is 0 Å². The summed E-state index contributed by atoms with van der Waals surface area (Å²) in [6, 6.07) is 54.6. The van der Waals surface area contributed by atoms with Crippen LogP contribution in [0.2, 0.25) is 0 Å². The third-order valence-corrected chi connectivity index (χ3v) is 9.43. The van der Waals surface area contributed by atoms with Crippen LogP contribution in [0.1, 0.15) is 0 Å². The van der Waals surface area contributed by atoms with E-state index in [1.165, 1.54) is 65.7 Å². The maximum atomic E-state index is 6.34. The Balaban J connectivity index is 1.31. The van der Waals surface area contributed by atoms with Gasteiger partial charge in [-0.1, -0.05) is 143 Å². The van der Waals surface area contributed by atoms with Crippen LogP contribution in [-0.2, 0) is 0 Å². The van der Waals surface area contributed by atoms with Gasteiger partial charge in [-0.3, -0.25) is 0 Å². The van der Waals surface area contributed by atoms with Gasteiger partial charge in [0.05, 0.1) is 0 Å². The molecular weight excluding hydrogens is 600 g/mol. The van der Waals surface area contributed by atoms with E-state index in [4.69, 9.17) is 4.42 Å². The Bertz CT molecular complexity index is 2490. The van der Waals surface area contributed by atoms with Crippen molar-refractivity contribution in [3.8, 4) is 33.4 Å². The van der Waals surface area contributed by atoms with Crippen molar-refractivity contribution in [2.24, 2.45) is 0 Å². The molecular formula is C42H25BrO. The van der Waals surface area contributed by atoms with Gasteiger partial charge in [-0.2, -0.15) is 0 Å². The fraction of sp³-hybridized carbons (Fsp3) is 0. The third kappa shape index (κ3) is 3.85. The van der Waals surface area contributed by atoms with Gasteiger partial charge in [0.15, 0.2) is 0 Å². The van der Waals surface area contributed by atoms with Crippen molar-refractivity contribution in [2.45, 2.75) is 0 Å². The summed E-state index contributed by atoms with van der Waals surface area (Å²) in [6.07, 6.45) is 0. The number of furan rings is 1. The molecule has 0 saturated carbocycles. The highest BCUT2D eigenvalue weighted by Gasteiger charge is 2.20. The molecule has 0 aliphatic carbocycles. The largest absolute Gasteiger partial charge is 0.456 e. The van der Waals surface area contributed by atoms with E-state index in [2.05, 4.69) is 155 Å².